The van der Waals surface area contributed by atoms with Gasteiger partial charge < -0.3 is 10.1 Å². The molecule has 0 radical (unpaired) electrons. The number of benzene rings is 1. The summed E-state index contributed by atoms with van der Waals surface area (Å²) in [4.78, 5) is 11.6. The monoisotopic (exact) mass is 330 g/mol. The summed E-state index contributed by atoms with van der Waals surface area (Å²) in [5.74, 6) is -0.997. The number of carbonyl (C=O) groups excluding carboxylic acids is 1. The number of sulfonamides is 1. The number of carbonyl (C=O) groups is 1. The van der Waals surface area contributed by atoms with Gasteiger partial charge in [0.15, 0.2) is 0 Å². The maximum absolute atomic E-state index is 13.4. The molecule has 1 amide bonds. The van der Waals surface area contributed by atoms with E-state index in [9.17, 15) is 17.6 Å². The van der Waals surface area contributed by atoms with Gasteiger partial charge in [0.25, 0.3) is 0 Å². The number of nitrogens with one attached hydrogen (secondary N) is 1. The minimum atomic E-state index is -4.02. The molecule has 8 heteroatoms. The molecule has 2 rings (SSSR count). The van der Waals surface area contributed by atoms with E-state index in [1.54, 1.807) is 6.92 Å². The van der Waals surface area contributed by atoms with Crippen molar-refractivity contribution >= 4 is 15.9 Å². The first-order valence-corrected chi connectivity index (χ1v) is 8.45. The van der Waals surface area contributed by atoms with Crippen molar-refractivity contribution in [3.8, 4) is 5.75 Å². The van der Waals surface area contributed by atoms with Crippen molar-refractivity contribution in [3.63, 3.8) is 0 Å². The number of nitrogens with zero attached hydrogens (tertiary/aromatic N) is 1. The molecule has 1 aliphatic rings. The maximum atomic E-state index is 13.4. The van der Waals surface area contributed by atoms with E-state index in [0.29, 0.717) is 0 Å². The molecule has 0 spiro atoms. The fourth-order valence-corrected chi connectivity index (χ4v) is 3.59. The molecule has 0 heterocycles. The first-order valence-electron chi connectivity index (χ1n) is 7.01. The molecule has 22 heavy (non-hydrogen) atoms. The van der Waals surface area contributed by atoms with E-state index < -0.39 is 15.8 Å². The molecule has 1 aromatic rings. The van der Waals surface area contributed by atoms with Gasteiger partial charge >= 0.3 is 0 Å². The molecular formula is C14H19FN2O4S. The Labute approximate surface area is 129 Å². The number of likely N-dealkylation sites (N-methyl/N-ethyl adjacent to an activating group) is 1. The van der Waals surface area contributed by atoms with Gasteiger partial charge in [-0.1, -0.05) is 6.92 Å². The van der Waals surface area contributed by atoms with Crippen molar-refractivity contribution in [2.45, 2.75) is 30.7 Å². The first kappa shape index (κ1) is 16.7. The van der Waals surface area contributed by atoms with Crippen molar-refractivity contribution in [1.29, 1.82) is 0 Å². The Bertz CT molecular complexity index is 659. The van der Waals surface area contributed by atoms with Crippen molar-refractivity contribution in [3.05, 3.63) is 24.0 Å². The zero-order valence-corrected chi connectivity index (χ0v) is 13.3. The van der Waals surface area contributed by atoms with Gasteiger partial charge in [-0.2, -0.15) is 4.31 Å². The minimum absolute atomic E-state index is 0.0439. The van der Waals surface area contributed by atoms with Crippen LogP contribution in [-0.2, 0) is 14.8 Å². The lowest BCUT2D eigenvalue weighted by molar-refractivity contribution is -0.121. The Morgan fingerprint density at radius 2 is 2.14 bits per heavy atom. The van der Waals surface area contributed by atoms with Gasteiger partial charge in [-0.05, 0) is 31.0 Å². The highest BCUT2D eigenvalue weighted by molar-refractivity contribution is 7.89. The number of ether oxygens (including phenoxy) is 1. The molecule has 122 valence electrons. The Balaban J connectivity index is 2.25. The van der Waals surface area contributed by atoms with Gasteiger partial charge in [0.05, 0.1) is 13.7 Å². The van der Waals surface area contributed by atoms with Crippen molar-refractivity contribution in [2.24, 2.45) is 0 Å². The van der Waals surface area contributed by atoms with Crippen LogP contribution in [0.4, 0.5) is 4.39 Å². The molecule has 6 nitrogen and oxygen atoms in total. The second kappa shape index (κ2) is 6.62. The zero-order chi connectivity index (χ0) is 16.3. The van der Waals surface area contributed by atoms with Crippen LogP contribution in [0, 0.1) is 5.82 Å². The van der Waals surface area contributed by atoms with Crippen molar-refractivity contribution in [2.75, 3.05) is 20.2 Å². The van der Waals surface area contributed by atoms with E-state index >= 15 is 0 Å². The van der Waals surface area contributed by atoms with Crippen LogP contribution in [0.1, 0.15) is 19.8 Å². The normalized spacial score (nSPS) is 14.9. The van der Waals surface area contributed by atoms with E-state index in [0.717, 1.165) is 29.3 Å². The van der Waals surface area contributed by atoms with E-state index in [-0.39, 0.29) is 35.7 Å². The number of hydrogen-bond acceptors (Lipinski definition) is 4. The van der Waals surface area contributed by atoms with Crippen LogP contribution in [-0.4, -0.2) is 44.9 Å². The largest absolute Gasteiger partial charge is 0.495 e. The highest BCUT2D eigenvalue weighted by atomic mass is 32.2. The van der Waals surface area contributed by atoms with E-state index in [2.05, 4.69) is 5.32 Å². The fourth-order valence-electron chi connectivity index (χ4n) is 2.02. The van der Waals surface area contributed by atoms with Gasteiger partial charge in [-0.3, -0.25) is 4.79 Å². The summed E-state index contributed by atoms with van der Waals surface area (Å²) in [5, 5.41) is 2.73. The van der Waals surface area contributed by atoms with Crippen LogP contribution in [0.25, 0.3) is 0 Å². The molecule has 0 aliphatic heterocycles. The Morgan fingerprint density at radius 1 is 1.45 bits per heavy atom. The summed E-state index contributed by atoms with van der Waals surface area (Å²) in [6.07, 6.45) is 1.84. The predicted octanol–water partition coefficient (Wildman–Crippen LogP) is 1.12. The minimum Gasteiger partial charge on any atom is -0.495 e. The number of halogens is 1. The Hall–Kier alpha value is -1.67. The van der Waals surface area contributed by atoms with Gasteiger partial charge in [-0.25, -0.2) is 12.8 Å². The summed E-state index contributed by atoms with van der Waals surface area (Å²) in [6, 6.07) is 3.42. The molecule has 0 aromatic heterocycles. The van der Waals surface area contributed by atoms with Crippen LogP contribution in [0.2, 0.25) is 0 Å². The molecule has 1 aromatic carbocycles. The number of rotatable bonds is 7. The third kappa shape index (κ3) is 3.75. The second-order valence-electron chi connectivity index (χ2n) is 5.07. The molecule has 1 aliphatic carbocycles. The highest BCUT2D eigenvalue weighted by Gasteiger charge is 2.30. The standard InChI is InChI=1S/C14H19FN2O4S/c1-3-17(9-14(18)16-11-5-6-11)22(19,20)13-8-10(15)4-7-12(13)21-2/h4,7-8,11H,3,5-6,9H2,1-2H3,(H,16,18). The van der Waals surface area contributed by atoms with Crippen LogP contribution >= 0.6 is 0 Å². The van der Waals surface area contributed by atoms with Crippen LogP contribution in [0.15, 0.2) is 23.1 Å². The van der Waals surface area contributed by atoms with Crippen molar-refractivity contribution < 1.29 is 22.3 Å². The van der Waals surface area contributed by atoms with Gasteiger partial charge in [0.1, 0.15) is 16.5 Å². The fraction of sp³-hybridized carbons (Fsp3) is 0.500. The molecule has 0 bridgehead atoms. The average Bonchev–Trinajstić information content (AvgIpc) is 3.28. The summed E-state index contributed by atoms with van der Waals surface area (Å²) in [5.41, 5.74) is 0. The SMILES string of the molecule is CCN(CC(=O)NC1CC1)S(=O)(=O)c1cc(F)ccc1OC. The number of hydrogen-bond donors (Lipinski definition) is 1. The number of methoxy groups -OCH3 is 1. The molecule has 0 saturated heterocycles. The summed E-state index contributed by atoms with van der Waals surface area (Å²) in [6.45, 7) is 1.42. The summed E-state index contributed by atoms with van der Waals surface area (Å²) >= 11 is 0. The summed E-state index contributed by atoms with van der Waals surface area (Å²) in [7, 11) is -2.71. The third-order valence-corrected chi connectivity index (χ3v) is 5.30. The van der Waals surface area contributed by atoms with Crippen molar-refractivity contribution in [1.82, 2.24) is 9.62 Å². The lowest BCUT2D eigenvalue weighted by Crippen LogP contribution is -2.41. The van der Waals surface area contributed by atoms with Gasteiger partial charge in [0, 0.05) is 12.6 Å². The maximum Gasteiger partial charge on any atom is 0.247 e. The van der Waals surface area contributed by atoms with Crippen LogP contribution in [0.5, 0.6) is 5.75 Å². The highest BCUT2D eigenvalue weighted by Crippen LogP contribution is 2.27. The van der Waals surface area contributed by atoms with E-state index in [1.807, 2.05) is 0 Å². The summed E-state index contributed by atoms with van der Waals surface area (Å²) < 4.78 is 44.7. The third-order valence-electron chi connectivity index (χ3n) is 3.36. The molecule has 0 atom stereocenters. The lowest BCUT2D eigenvalue weighted by atomic mass is 10.3. The van der Waals surface area contributed by atoms with Crippen LogP contribution in [0.3, 0.4) is 0 Å². The smallest absolute Gasteiger partial charge is 0.247 e. The molecular weight excluding hydrogens is 311 g/mol. The van der Waals surface area contributed by atoms with E-state index in [1.165, 1.54) is 13.2 Å². The molecule has 1 N–H and O–H groups in total. The second-order valence-corrected chi connectivity index (χ2v) is 6.97. The quantitative estimate of drug-likeness (QED) is 0.813. The van der Waals surface area contributed by atoms with Gasteiger partial charge in [-0.15, -0.1) is 0 Å². The van der Waals surface area contributed by atoms with Gasteiger partial charge in [0.2, 0.25) is 15.9 Å². The average molecular weight is 330 g/mol. The Morgan fingerprint density at radius 3 is 2.68 bits per heavy atom. The zero-order valence-electron chi connectivity index (χ0n) is 12.5. The van der Waals surface area contributed by atoms with Crippen LogP contribution < -0.4 is 10.1 Å². The Kier molecular flexibility index (Phi) is 5.02. The molecule has 1 fully saturated rings. The van der Waals surface area contributed by atoms with E-state index in [4.69, 9.17) is 4.74 Å². The number of amides is 1. The topological polar surface area (TPSA) is 75.7 Å². The molecule has 1 saturated carbocycles. The first-order chi connectivity index (χ1) is 10.4. The molecule has 0 unspecified atom stereocenters. The lowest BCUT2D eigenvalue weighted by Gasteiger charge is -2.21. The predicted molar refractivity (Wildman–Crippen MR) is 78.5 cm³/mol.